The minimum absolute atomic E-state index is 0.190. The van der Waals surface area contributed by atoms with Gasteiger partial charge >= 0.3 is 12.1 Å². The topological polar surface area (TPSA) is 76.7 Å². The fourth-order valence-corrected chi connectivity index (χ4v) is 3.33. The molecule has 0 saturated carbocycles. The van der Waals surface area contributed by atoms with Crippen molar-refractivity contribution < 1.29 is 19.1 Å². The van der Waals surface area contributed by atoms with Crippen molar-refractivity contribution in [3.63, 3.8) is 0 Å². The van der Waals surface area contributed by atoms with Gasteiger partial charge in [-0.1, -0.05) is 80.9 Å². The summed E-state index contributed by atoms with van der Waals surface area (Å²) in [5, 5.41) is 6.31. The molecular weight excluding hydrogens is 416 g/mol. The van der Waals surface area contributed by atoms with Crippen molar-refractivity contribution in [2.75, 3.05) is 6.54 Å². The lowest BCUT2D eigenvalue weighted by atomic mass is 9.98. The largest absolute Gasteiger partial charge is 0.460 e. The van der Waals surface area contributed by atoms with Crippen LogP contribution in [0.1, 0.15) is 52.2 Å². The minimum Gasteiger partial charge on any atom is -0.460 e. The van der Waals surface area contributed by atoms with Gasteiger partial charge in [-0.25, -0.2) is 4.79 Å². The van der Waals surface area contributed by atoms with Crippen LogP contribution in [0, 0.1) is 5.92 Å². The molecule has 2 aromatic carbocycles. The van der Waals surface area contributed by atoms with Gasteiger partial charge in [0.2, 0.25) is 0 Å². The van der Waals surface area contributed by atoms with Gasteiger partial charge < -0.3 is 20.1 Å². The number of carbonyl (C=O) groups is 2. The zero-order chi connectivity index (χ0) is 24.3. The monoisotopic (exact) mass is 454 g/mol. The summed E-state index contributed by atoms with van der Waals surface area (Å²) in [4.78, 5) is 25.4. The predicted molar refractivity (Wildman–Crippen MR) is 131 cm³/mol. The van der Waals surface area contributed by atoms with Crippen LogP contribution in [-0.4, -0.2) is 36.3 Å². The smallest absolute Gasteiger partial charge is 0.407 e. The molecule has 33 heavy (non-hydrogen) atoms. The van der Waals surface area contributed by atoms with E-state index < -0.39 is 17.7 Å². The molecule has 6 heteroatoms. The average molecular weight is 455 g/mol. The van der Waals surface area contributed by atoms with Gasteiger partial charge in [0.05, 0.1) is 0 Å². The van der Waals surface area contributed by atoms with E-state index in [1.807, 2.05) is 81.4 Å². The first-order chi connectivity index (χ1) is 15.7. The fourth-order valence-electron chi connectivity index (χ4n) is 3.33. The van der Waals surface area contributed by atoms with Crippen LogP contribution in [0.5, 0.6) is 0 Å². The molecular formula is C27H38N2O4. The first-order valence-electron chi connectivity index (χ1n) is 11.6. The van der Waals surface area contributed by atoms with Crippen LogP contribution in [0.4, 0.5) is 4.79 Å². The minimum atomic E-state index is -0.575. The Bertz CT molecular complexity index is 849. The number of hydrogen-bond acceptors (Lipinski definition) is 5. The lowest BCUT2D eigenvalue weighted by Gasteiger charge is -2.28. The average Bonchev–Trinajstić information content (AvgIpc) is 2.78. The number of hydrogen-bond donors (Lipinski definition) is 2. The molecule has 0 aliphatic rings. The molecule has 2 aromatic rings. The molecule has 2 N–H and O–H groups in total. The maximum atomic E-state index is 13.0. The molecule has 0 aliphatic heterocycles. The summed E-state index contributed by atoms with van der Waals surface area (Å²) in [6.07, 6.45) is 0.916. The maximum Gasteiger partial charge on any atom is 0.407 e. The summed E-state index contributed by atoms with van der Waals surface area (Å²) < 4.78 is 11.0. The normalized spacial score (nSPS) is 14.1. The van der Waals surface area contributed by atoms with Crippen molar-refractivity contribution in [1.29, 1.82) is 0 Å². The zero-order valence-electron chi connectivity index (χ0n) is 20.5. The molecule has 0 radical (unpaired) electrons. The summed E-state index contributed by atoms with van der Waals surface area (Å²) >= 11 is 0. The number of benzene rings is 2. The molecule has 0 heterocycles. The fraction of sp³-hybridized carbons (Fsp3) is 0.481. The van der Waals surface area contributed by atoms with Crippen LogP contribution in [-0.2, 0) is 27.3 Å². The summed E-state index contributed by atoms with van der Waals surface area (Å²) in [7, 11) is 0. The molecule has 0 spiro atoms. The number of carbonyl (C=O) groups excluding carboxylic acids is 2. The zero-order valence-corrected chi connectivity index (χ0v) is 20.5. The van der Waals surface area contributed by atoms with E-state index in [-0.39, 0.29) is 24.5 Å². The first kappa shape index (κ1) is 26.4. The SMILES string of the molecule is CCC(C)C(CN[C@@H](Cc1ccccc1)C(=O)OCc1ccccc1)NC(=O)OC(C)(C)C. The van der Waals surface area contributed by atoms with E-state index in [0.717, 1.165) is 17.5 Å². The highest BCUT2D eigenvalue weighted by Gasteiger charge is 2.26. The number of nitrogens with one attached hydrogen (secondary N) is 2. The highest BCUT2D eigenvalue weighted by atomic mass is 16.6. The molecule has 0 bridgehead atoms. The third-order valence-corrected chi connectivity index (χ3v) is 5.41. The standard InChI is InChI=1S/C27H38N2O4/c1-6-20(2)24(29-26(31)33-27(3,4)5)18-28-23(17-21-13-9-7-10-14-21)25(30)32-19-22-15-11-8-12-16-22/h7-16,20,23-24,28H,6,17-19H2,1-5H3,(H,29,31)/t20?,23-,24?/m0/s1. The van der Waals surface area contributed by atoms with Gasteiger partial charge in [-0.05, 0) is 44.2 Å². The Labute approximate surface area is 198 Å². The third-order valence-electron chi connectivity index (χ3n) is 5.41. The summed E-state index contributed by atoms with van der Waals surface area (Å²) in [5.41, 5.74) is 1.40. The van der Waals surface area contributed by atoms with Crippen LogP contribution in [0.25, 0.3) is 0 Å². The Hall–Kier alpha value is -2.86. The second-order valence-electron chi connectivity index (χ2n) is 9.38. The van der Waals surface area contributed by atoms with Crippen LogP contribution >= 0.6 is 0 Å². The van der Waals surface area contributed by atoms with Crippen molar-refractivity contribution >= 4 is 12.1 Å². The van der Waals surface area contributed by atoms with E-state index >= 15 is 0 Å². The van der Waals surface area contributed by atoms with Gasteiger partial charge in [-0.2, -0.15) is 0 Å². The Morgan fingerprint density at radius 2 is 1.52 bits per heavy atom. The molecule has 180 valence electrons. The van der Waals surface area contributed by atoms with Gasteiger partial charge in [0.25, 0.3) is 0 Å². The Morgan fingerprint density at radius 1 is 0.939 bits per heavy atom. The molecule has 3 atom stereocenters. The number of ether oxygens (including phenoxy) is 2. The van der Waals surface area contributed by atoms with Crippen LogP contribution in [0.15, 0.2) is 60.7 Å². The van der Waals surface area contributed by atoms with Crippen molar-refractivity contribution in [2.45, 2.75) is 71.8 Å². The second-order valence-corrected chi connectivity index (χ2v) is 9.38. The molecule has 6 nitrogen and oxygen atoms in total. The van der Waals surface area contributed by atoms with Crippen LogP contribution in [0.3, 0.4) is 0 Å². The van der Waals surface area contributed by atoms with Gasteiger partial charge in [0.1, 0.15) is 18.2 Å². The molecule has 2 unspecified atom stereocenters. The lowest BCUT2D eigenvalue weighted by Crippen LogP contribution is -2.51. The first-order valence-corrected chi connectivity index (χ1v) is 11.6. The molecule has 1 amide bonds. The van der Waals surface area contributed by atoms with Gasteiger partial charge in [-0.3, -0.25) is 4.79 Å². The summed E-state index contributed by atoms with van der Waals surface area (Å²) in [6, 6.07) is 18.7. The molecule has 0 fully saturated rings. The number of rotatable bonds is 11. The molecule has 2 rings (SSSR count). The molecule has 0 aliphatic carbocycles. The highest BCUT2D eigenvalue weighted by Crippen LogP contribution is 2.12. The molecule has 0 aromatic heterocycles. The molecule has 0 saturated heterocycles. The third kappa shape index (κ3) is 10.1. The number of esters is 1. The van der Waals surface area contributed by atoms with Gasteiger partial charge in [0.15, 0.2) is 0 Å². The number of alkyl carbamates (subject to hydrolysis) is 1. The Kier molecular flexibility index (Phi) is 10.4. The quantitative estimate of drug-likeness (QED) is 0.474. The van der Waals surface area contributed by atoms with Gasteiger partial charge in [0, 0.05) is 12.6 Å². The van der Waals surface area contributed by atoms with Gasteiger partial charge in [-0.15, -0.1) is 0 Å². The van der Waals surface area contributed by atoms with E-state index in [0.29, 0.717) is 13.0 Å². The van der Waals surface area contributed by atoms with E-state index in [4.69, 9.17) is 9.47 Å². The lowest BCUT2D eigenvalue weighted by molar-refractivity contribution is -0.147. The van der Waals surface area contributed by atoms with Crippen molar-refractivity contribution in [3.05, 3.63) is 71.8 Å². The summed E-state index contributed by atoms with van der Waals surface area (Å²) in [5.74, 6) is -0.120. The maximum absolute atomic E-state index is 13.0. The van der Waals surface area contributed by atoms with E-state index in [2.05, 4.69) is 24.5 Å². The summed E-state index contributed by atoms with van der Waals surface area (Å²) in [6.45, 7) is 10.3. The Morgan fingerprint density at radius 3 is 2.06 bits per heavy atom. The van der Waals surface area contributed by atoms with Crippen molar-refractivity contribution in [2.24, 2.45) is 5.92 Å². The Balaban J connectivity index is 2.06. The number of amides is 1. The van der Waals surface area contributed by atoms with E-state index in [1.54, 1.807) is 0 Å². The second kappa shape index (κ2) is 13.0. The van der Waals surface area contributed by atoms with Crippen molar-refractivity contribution in [1.82, 2.24) is 10.6 Å². The van der Waals surface area contributed by atoms with Crippen molar-refractivity contribution in [3.8, 4) is 0 Å². The van der Waals surface area contributed by atoms with E-state index in [1.165, 1.54) is 0 Å². The predicted octanol–water partition coefficient (Wildman–Crippen LogP) is 4.87. The van der Waals surface area contributed by atoms with Crippen LogP contribution < -0.4 is 10.6 Å². The van der Waals surface area contributed by atoms with E-state index in [9.17, 15) is 9.59 Å². The highest BCUT2D eigenvalue weighted by molar-refractivity contribution is 5.76. The van der Waals surface area contributed by atoms with Crippen LogP contribution in [0.2, 0.25) is 0 Å².